The average Bonchev–Trinajstić information content (AvgIpc) is 2.82. The van der Waals surface area contributed by atoms with Crippen LogP contribution in [-0.4, -0.2) is 74.2 Å². The Morgan fingerprint density at radius 2 is 1.20 bits per heavy atom. The highest BCUT2D eigenvalue weighted by Crippen LogP contribution is 2.27. The van der Waals surface area contributed by atoms with Crippen molar-refractivity contribution in [1.82, 2.24) is 9.80 Å². The van der Waals surface area contributed by atoms with Crippen LogP contribution >= 0.6 is 0 Å². The molecular formula is C29H54N2O4. The minimum atomic E-state index is -0.0469. The second kappa shape index (κ2) is 16.6. The maximum Gasteiger partial charge on any atom is 0.307 e. The van der Waals surface area contributed by atoms with Crippen molar-refractivity contribution in [2.24, 2.45) is 17.3 Å². The Morgan fingerprint density at radius 1 is 0.743 bits per heavy atom. The number of nitrogens with zero attached hydrogens (tertiary/aromatic N) is 2. The highest BCUT2D eigenvalue weighted by atomic mass is 16.5. The van der Waals surface area contributed by atoms with Crippen molar-refractivity contribution in [2.75, 3.05) is 52.5 Å². The molecule has 6 heteroatoms. The van der Waals surface area contributed by atoms with Gasteiger partial charge in [0.05, 0.1) is 26.1 Å². The summed E-state index contributed by atoms with van der Waals surface area (Å²) in [6.07, 6.45) is 13.1. The van der Waals surface area contributed by atoms with Gasteiger partial charge in [-0.3, -0.25) is 9.59 Å². The molecule has 204 valence electrons. The SMILES string of the molecule is CCCCOC(=O)CCN1CCC(CCCC2CCN(CCC(=O)OCCC(C)(C)C)CC2)CC1. The van der Waals surface area contributed by atoms with Crippen molar-refractivity contribution in [3.63, 3.8) is 0 Å². The van der Waals surface area contributed by atoms with Gasteiger partial charge in [-0.15, -0.1) is 0 Å². The Bertz CT molecular complexity index is 588. The van der Waals surface area contributed by atoms with Crippen LogP contribution in [-0.2, 0) is 19.1 Å². The summed E-state index contributed by atoms with van der Waals surface area (Å²) in [6.45, 7) is 15.9. The van der Waals surface area contributed by atoms with Crippen LogP contribution in [0.3, 0.4) is 0 Å². The molecule has 0 saturated carbocycles. The van der Waals surface area contributed by atoms with Gasteiger partial charge in [-0.05, 0) is 82.0 Å². The molecule has 2 saturated heterocycles. The lowest BCUT2D eigenvalue weighted by Gasteiger charge is -2.33. The van der Waals surface area contributed by atoms with E-state index in [0.29, 0.717) is 26.1 Å². The third-order valence-electron chi connectivity index (χ3n) is 7.78. The van der Waals surface area contributed by atoms with Gasteiger partial charge in [0.15, 0.2) is 0 Å². The Morgan fingerprint density at radius 3 is 1.63 bits per heavy atom. The van der Waals surface area contributed by atoms with Gasteiger partial charge in [-0.2, -0.15) is 0 Å². The van der Waals surface area contributed by atoms with Gasteiger partial charge in [-0.1, -0.05) is 53.4 Å². The number of carbonyl (C=O) groups excluding carboxylic acids is 2. The van der Waals surface area contributed by atoms with Crippen LogP contribution in [0.1, 0.15) is 105 Å². The highest BCUT2D eigenvalue weighted by Gasteiger charge is 2.22. The molecule has 0 radical (unpaired) electrons. The maximum absolute atomic E-state index is 12.0. The van der Waals surface area contributed by atoms with E-state index in [0.717, 1.165) is 70.4 Å². The minimum Gasteiger partial charge on any atom is -0.466 e. The molecule has 2 heterocycles. The molecule has 0 aromatic heterocycles. The number of ether oxygens (including phenoxy) is 2. The largest absolute Gasteiger partial charge is 0.466 e. The van der Waals surface area contributed by atoms with Crippen LogP contribution in [0.25, 0.3) is 0 Å². The smallest absolute Gasteiger partial charge is 0.307 e. The molecule has 0 aromatic rings. The van der Waals surface area contributed by atoms with Gasteiger partial charge in [-0.25, -0.2) is 0 Å². The maximum atomic E-state index is 12.0. The van der Waals surface area contributed by atoms with Crippen molar-refractivity contribution >= 4 is 11.9 Å². The molecule has 0 N–H and O–H groups in total. The minimum absolute atomic E-state index is 0.0392. The fraction of sp³-hybridized carbons (Fsp3) is 0.931. The number of rotatable bonds is 15. The van der Waals surface area contributed by atoms with E-state index in [1.807, 2.05) is 0 Å². The summed E-state index contributed by atoms with van der Waals surface area (Å²) in [5.41, 5.74) is 0.213. The van der Waals surface area contributed by atoms with Gasteiger partial charge in [0.2, 0.25) is 0 Å². The second-order valence-electron chi connectivity index (χ2n) is 12.1. The number of carbonyl (C=O) groups is 2. The molecule has 0 aliphatic carbocycles. The number of esters is 2. The van der Waals surface area contributed by atoms with Gasteiger partial charge >= 0.3 is 11.9 Å². The first kappa shape index (κ1) is 30.1. The summed E-state index contributed by atoms with van der Waals surface area (Å²) in [7, 11) is 0. The van der Waals surface area contributed by atoms with E-state index < -0.39 is 0 Å². The molecule has 0 bridgehead atoms. The quantitative estimate of drug-likeness (QED) is 0.215. The van der Waals surface area contributed by atoms with E-state index in [4.69, 9.17) is 9.47 Å². The normalized spacial score (nSPS) is 19.1. The standard InChI is InChI=1S/C29H54N2O4/c1-5-6-23-34-27(32)14-21-30-17-10-25(11-18-30)8-7-9-26-12-19-31(20-13-26)22-15-28(33)35-24-16-29(2,3)4/h25-26H,5-24H2,1-4H3. The predicted octanol–water partition coefficient (Wildman–Crippen LogP) is 5.68. The molecule has 35 heavy (non-hydrogen) atoms. The van der Waals surface area contributed by atoms with Crippen molar-refractivity contribution in [2.45, 2.75) is 105 Å². The summed E-state index contributed by atoms with van der Waals surface area (Å²) in [5, 5.41) is 0. The molecule has 0 unspecified atom stereocenters. The lowest BCUT2D eigenvalue weighted by molar-refractivity contribution is -0.145. The fourth-order valence-electron chi connectivity index (χ4n) is 5.14. The van der Waals surface area contributed by atoms with Crippen LogP contribution in [0, 0.1) is 17.3 Å². The lowest BCUT2D eigenvalue weighted by Crippen LogP contribution is -2.36. The first-order valence-electron chi connectivity index (χ1n) is 14.5. The molecule has 0 spiro atoms. The summed E-state index contributed by atoms with van der Waals surface area (Å²) < 4.78 is 10.7. The van der Waals surface area contributed by atoms with Crippen molar-refractivity contribution in [3.05, 3.63) is 0 Å². The highest BCUT2D eigenvalue weighted by molar-refractivity contribution is 5.69. The Balaban J connectivity index is 1.45. The Hall–Kier alpha value is -1.14. The summed E-state index contributed by atoms with van der Waals surface area (Å²) in [6, 6.07) is 0. The van der Waals surface area contributed by atoms with E-state index in [1.54, 1.807) is 0 Å². The zero-order valence-electron chi connectivity index (χ0n) is 23.3. The van der Waals surface area contributed by atoms with E-state index in [2.05, 4.69) is 37.5 Å². The number of likely N-dealkylation sites (tertiary alicyclic amines) is 2. The molecule has 2 aliphatic rings. The molecule has 0 amide bonds. The van der Waals surface area contributed by atoms with Gasteiger partial charge in [0, 0.05) is 13.1 Å². The predicted molar refractivity (Wildman–Crippen MR) is 142 cm³/mol. The van der Waals surface area contributed by atoms with E-state index in [1.165, 1.54) is 44.9 Å². The van der Waals surface area contributed by atoms with Crippen molar-refractivity contribution < 1.29 is 19.1 Å². The Labute approximate surface area is 215 Å². The van der Waals surface area contributed by atoms with Crippen LogP contribution < -0.4 is 0 Å². The number of piperidine rings is 2. The lowest BCUT2D eigenvalue weighted by atomic mass is 9.87. The third kappa shape index (κ3) is 14.3. The summed E-state index contributed by atoms with van der Waals surface area (Å²) in [5.74, 6) is 1.62. The van der Waals surface area contributed by atoms with Crippen molar-refractivity contribution in [3.8, 4) is 0 Å². The van der Waals surface area contributed by atoms with Gasteiger partial charge < -0.3 is 19.3 Å². The van der Waals surface area contributed by atoms with E-state index in [-0.39, 0.29) is 17.4 Å². The second-order valence-corrected chi connectivity index (χ2v) is 12.1. The molecular weight excluding hydrogens is 440 g/mol. The van der Waals surface area contributed by atoms with Crippen LogP contribution in [0.4, 0.5) is 0 Å². The molecule has 0 atom stereocenters. The van der Waals surface area contributed by atoms with Gasteiger partial charge in [0.1, 0.15) is 0 Å². The van der Waals surface area contributed by atoms with Crippen LogP contribution in [0.15, 0.2) is 0 Å². The van der Waals surface area contributed by atoms with E-state index >= 15 is 0 Å². The number of hydrogen-bond acceptors (Lipinski definition) is 6. The summed E-state index contributed by atoms with van der Waals surface area (Å²) in [4.78, 5) is 28.7. The zero-order chi connectivity index (χ0) is 25.5. The van der Waals surface area contributed by atoms with Crippen LogP contribution in [0.5, 0.6) is 0 Å². The summed E-state index contributed by atoms with van der Waals surface area (Å²) >= 11 is 0. The molecule has 0 aromatic carbocycles. The van der Waals surface area contributed by atoms with E-state index in [9.17, 15) is 9.59 Å². The third-order valence-corrected chi connectivity index (χ3v) is 7.78. The molecule has 6 nitrogen and oxygen atoms in total. The first-order chi connectivity index (χ1) is 16.7. The van der Waals surface area contributed by atoms with Crippen LogP contribution in [0.2, 0.25) is 0 Å². The zero-order valence-corrected chi connectivity index (χ0v) is 23.3. The van der Waals surface area contributed by atoms with Gasteiger partial charge in [0.25, 0.3) is 0 Å². The molecule has 2 aliphatic heterocycles. The molecule has 2 fully saturated rings. The topological polar surface area (TPSA) is 59.1 Å². The molecule has 2 rings (SSSR count). The van der Waals surface area contributed by atoms with Crippen molar-refractivity contribution in [1.29, 1.82) is 0 Å². The number of hydrogen-bond donors (Lipinski definition) is 0. The Kier molecular flexibility index (Phi) is 14.2. The fourth-order valence-corrected chi connectivity index (χ4v) is 5.14. The first-order valence-corrected chi connectivity index (χ1v) is 14.5. The average molecular weight is 495 g/mol. The number of unbranched alkanes of at least 4 members (excludes halogenated alkanes) is 1. The monoisotopic (exact) mass is 494 g/mol.